The number of benzene rings is 2. The molecule has 1 heterocycles. The van der Waals surface area contributed by atoms with Crippen molar-refractivity contribution in [2.75, 3.05) is 0 Å². The van der Waals surface area contributed by atoms with Crippen LogP contribution in [0.3, 0.4) is 0 Å². The zero-order valence-electron chi connectivity index (χ0n) is 15.9. The number of carbonyl (C=O) groups excluding carboxylic acids is 2. The SMILES string of the molecule is CC(c1cc(Oc2ccccc2)cc(C2=CCCC(F)=C2)c1)C1SC(=O)NC1=O. The number of rotatable bonds is 5. The number of carbonyl (C=O) groups is 2. The van der Waals surface area contributed by atoms with Crippen LogP contribution in [0.25, 0.3) is 5.57 Å². The van der Waals surface area contributed by atoms with Crippen LogP contribution in [-0.4, -0.2) is 16.4 Å². The molecule has 2 aromatic carbocycles. The number of imide groups is 1. The molecule has 148 valence electrons. The molecule has 2 amide bonds. The minimum atomic E-state index is -0.505. The van der Waals surface area contributed by atoms with Gasteiger partial charge in [-0.05, 0) is 53.5 Å². The van der Waals surface area contributed by atoms with Crippen LogP contribution in [0.5, 0.6) is 11.5 Å². The third kappa shape index (κ3) is 4.43. The lowest BCUT2D eigenvalue weighted by molar-refractivity contribution is -0.119. The van der Waals surface area contributed by atoms with Crippen molar-refractivity contribution in [1.29, 1.82) is 0 Å². The topological polar surface area (TPSA) is 55.4 Å². The first-order valence-electron chi connectivity index (χ1n) is 9.45. The fourth-order valence-corrected chi connectivity index (χ4v) is 4.39. The van der Waals surface area contributed by atoms with Gasteiger partial charge < -0.3 is 4.74 Å². The lowest BCUT2D eigenvalue weighted by Crippen LogP contribution is -2.27. The largest absolute Gasteiger partial charge is 0.457 e. The highest BCUT2D eigenvalue weighted by molar-refractivity contribution is 8.15. The van der Waals surface area contributed by atoms with Crippen LogP contribution in [0.15, 0.2) is 66.5 Å². The highest BCUT2D eigenvalue weighted by Gasteiger charge is 2.36. The molecular formula is C23H20FNO3S. The van der Waals surface area contributed by atoms with Gasteiger partial charge >= 0.3 is 0 Å². The zero-order valence-corrected chi connectivity index (χ0v) is 16.7. The van der Waals surface area contributed by atoms with Crippen molar-refractivity contribution in [3.63, 3.8) is 0 Å². The number of nitrogens with one attached hydrogen (secondary N) is 1. The molecule has 2 unspecified atom stereocenters. The summed E-state index contributed by atoms with van der Waals surface area (Å²) >= 11 is 1.00. The third-order valence-corrected chi connectivity index (χ3v) is 6.19. The smallest absolute Gasteiger partial charge is 0.286 e. The molecule has 1 aliphatic heterocycles. The van der Waals surface area contributed by atoms with E-state index in [1.54, 1.807) is 6.08 Å². The number of hydrogen-bond acceptors (Lipinski definition) is 4. The van der Waals surface area contributed by atoms with Crippen LogP contribution in [-0.2, 0) is 4.79 Å². The molecule has 1 N–H and O–H groups in total. The fourth-order valence-electron chi connectivity index (χ4n) is 3.48. The number of allylic oxidation sites excluding steroid dienone is 4. The van der Waals surface area contributed by atoms with Gasteiger partial charge in [-0.3, -0.25) is 14.9 Å². The number of ether oxygens (including phenoxy) is 1. The first-order valence-corrected chi connectivity index (χ1v) is 10.3. The van der Waals surface area contributed by atoms with Gasteiger partial charge in [0.15, 0.2) is 0 Å². The monoisotopic (exact) mass is 409 g/mol. The van der Waals surface area contributed by atoms with E-state index in [1.807, 2.05) is 61.5 Å². The number of amides is 2. The maximum Gasteiger partial charge on any atom is 0.286 e. The van der Waals surface area contributed by atoms with E-state index < -0.39 is 5.25 Å². The maximum absolute atomic E-state index is 13.9. The predicted octanol–water partition coefficient (Wildman–Crippen LogP) is 5.96. The van der Waals surface area contributed by atoms with Gasteiger partial charge in [0.2, 0.25) is 5.91 Å². The quantitative estimate of drug-likeness (QED) is 0.661. The van der Waals surface area contributed by atoms with Crippen LogP contribution in [0, 0.1) is 0 Å². The van der Waals surface area contributed by atoms with Gasteiger partial charge in [-0.25, -0.2) is 4.39 Å². The molecule has 0 bridgehead atoms. The van der Waals surface area contributed by atoms with E-state index in [0.717, 1.165) is 28.5 Å². The summed E-state index contributed by atoms with van der Waals surface area (Å²) in [5, 5.41) is 1.50. The molecule has 1 aliphatic carbocycles. The first-order chi connectivity index (χ1) is 14.0. The molecule has 2 aromatic rings. The van der Waals surface area contributed by atoms with Gasteiger partial charge in [0.25, 0.3) is 5.24 Å². The number of thioether (sulfide) groups is 1. The summed E-state index contributed by atoms with van der Waals surface area (Å²) in [5.74, 6) is 0.632. The highest BCUT2D eigenvalue weighted by atomic mass is 32.2. The Morgan fingerprint density at radius 3 is 2.62 bits per heavy atom. The normalized spacial score (nSPS) is 20.0. The van der Waals surface area contributed by atoms with Crippen molar-refractivity contribution < 1.29 is 18.7 Å². The van der Waals surface area contributed by atoms with Gasteiger partial charge in [-0.1, -0.05) is 49.0 Å². The Balaban J connectivity index is 1.72. The molecule has 29 heavy (non-hydrogen) atoms. The Kier molecular flexibility index (Phi) is 5.53. The van der Waals surface area contributed by atoms with Gasteiger partial charge in [-0.2, -0.15) is 0 Å². The number of hydrogen-bond donors (Lipinski definition) is 1. The van der Waals surface area contributed by atoms with Gasteiger partial charge in [-0.15, -0.1) is 0 Å². The standard InChI is InChI=1S/C23H20FNO3S/c1-14(21-22(26)25-23(27)29-21)16-10-17(15-6-5-7-18(24)11-15)13-20(12-16)28-19-8-3-2-4-9-19/h2-4,6,8-14,21H,5,7H2,1H3,(H,25,26,27). The molecule has 4 nitrogen and oxygen atoms in total. The van der Waals surface area contributed by atoms with E-state index >= 15 is 0 Å². The molecule has 0 radical (unpaired) electrons. The third-order valence-electron chi connectivity index (χ3n) is 5.00. The van der Waals surface area contributed by atoms with Crippen LogP contribution in [0.2, 0.25) is 0 Å². The molecule has 2 aliphatic rings. The van der Waals surface area contributed by atoms with Crippen LogP contribution < -0.4 is 10.1 Å². The van der Waals surface area contributed by atoms with E-state index in [2.05, 4.69) is 5.32 Å². The molecule has 1 fully saturated rings. The molecule has 0 saturated carbocycles. The molecule has 0 spiro atoms. The van der Waals surface area contributed by atoms with Crippen molar-refractivity contribution >= 4 is 28.5 Å². The fraction of sp³-hybridized carbons (Fsp3) is 0.217. The van der Waals surface area contributed by atoms with Crippen LogP contribution in [0.4, 0.5) is 9.18 Å². The lowest BCUT2D eigenvalue weighted by atomic mass is 9.91. The Bertz CT molecular complexity index is 1020. The Hall–Kier alpha value is -2.86. The summed E-state index contributed by atoms with van der Waals surface area (Å²) < 4.78 is 19.9. The minimum absolute atomic E-state index is 0.150. The zero-order chi connectivity index (χ0) is 20.4. The number of halogens is 1. The van der Waals surface area contributed by atoms with E-state index in [1.165, 1.54) is 0 Å². The molecule has 4 rings (SSSR count). The predicted molar refractivity (Wildman–Crippen MR) is 113 cm³/mol. The lowest BCUT2D eigenvalue weighted by Gasteiger charge is -2.19. The van der Waals surface area contributed by atoms with Crippen molar-refractivity contribution in [2.45, 2.75) is 30.9 Å². The summed E-state index contributed by atoms with van der Waals surface area (Å²) in [6.07, 6.45) is 4.59. The van der Waals surface area contributed by atoms with E-state index in [9.17, 15) is 14.0 Å². The van der Waals surface area contributed by atoms with E-state index in [0.29, 0.717) is 24.3 Å². The number of para-hydroxylation sites is 1. The summed E-state index contributed by atoms with van der Waals surface area (Å²) in [6.45, 7) is 1.91. The second-order valence-corrected chi connectivity index (χ2v) is 8.21. The molecule has 0 aromatic heterocycles. The van der Waals surface area contributed by atoms with Gasteiger partial charge in [0, 0.05) is 12.3 Å². The van der Waals surface area contributed by atoms with Crippen LogP contribution in [0.1, 0.15) is 36.8 Å². The van der Waals surface area contributed by atoms with Gasteiger partial charge in [0.1, 0.15) is 17.3 Å². The van der Waals surface area contributed by atoms with Crippen molar-refractivity contribution in [1.82, 2.24) is 5.32 Å². The maximum atomic E-state index is 13.9. The molecule has 6 heteroatoms. The second kappa shape index (κ2) is 8.25. The van der Waals surface area contributed by atoms with Crippen molar-refractivity contribution in [2.24, 2.45) is 0 Å². The highest BCUT2D eigenvalue weighted by Crippen LogP contribution is 2.37. The summed E-state index contributed by atoms with van der Waals surface area (Å²) in [4.78, 5) is 23.8. The van der Waals surface area contributed by atoms with Crippen molar-refractivity contribution in [3.8, 4) is 11.5 Å². The summed E-state index contributed by atoms with van der Waals surface area (Å²) in [5.41, 5.74) is 2.47. The summed E-state index contributed by atoms with van der Waals surface area (Å²) in [6, 6.07) is 15.1. The van der Waals surface area contributed by atoms with Crippen LogP contribution >= 0.6 is 11.8 Å². The first kappa shape index (κ1) is 19.5. The molecule has 1 saturated heterocycles. The Labute approximate surface area is 172 Å². The average Bonchev–Trinajstić information content (AvgIpc) is 3.06. The minimum Gasteiger partial charge on any atom is -0.457 e. The molecule has 2 atom stereocenters. The Morgan fingerprint density at radius 1 is 1.14 bits per heavy atom. The van der Waals surface area contributed by atoms with Crippen molar-refractivity contribution in [3.05, 3.63) is 77.6 Å². The molecular weight excluding hydrogens is 389 g/mol. The van der Waals surface area contributed by atoms with E-state index in [4.69, 9.17) is 4.74 Å². The second-order valence-electron chi connectivity index (χ2n) is 7.10. The van der Waals surface area contributed by atoms with E-state index in [-0.39, 0.29) is 22.9 Å². The Morgan fingerprint density at radius 2 is 1.93 bits per heavy atom. The summed E-state index contributed by atoms with van der Waals surface area (Å²) in [7, 11) is 0. The van der Waals surface area contributed by atoms with Gasteiger partial charge in [0.05, 0.1) is 5.25 Å². The average molecular weight is 409 g/mol.